The first-order valence-electron chi connectivity index (χ1n) is 9.87. The number of hydrogen-bond donors (Lipinski definition) is 1. The van der Waals surface area contributed by atoms with Crippen LogP contribution in [0.4, 0.5) is 5.13 Å². The predicted molar refractivity (Wildman–Crippen MR) is 121 cm³/mol. The van der Waals surface area contributed by atoms with Gasteiger partial charge in [-0.1, -0.05) is 12.1 Å². The summed E-state index contributed by atoms with van der Waals surface area (Å²) in [4.78, 5) is 17.3. The molecule has 7 nitrogen and oxygen atoms in total. The Bertz CT molecular complexity index is 1200. The van der Waals surface area contributed by atoms with Gasteiger partial charge >= 0.3 is 0 Å². The largest absolute Gasteiger partial charge is 0.379 e. The summed E-state index contributed by atoms with van der Waals surface area (Å²) >= 11 is 1.35. The molecule has 0 spiro atoms. The van der Waals surface area contributed by atoms with E-state index in [-0.39, 0.29) is 10.8 Å². The second-order valence-electron chi connectivity index (χ2n) is 7.33. The zero-order valence-corrected chi connectivity index (χ0v) is 18.9. The van der Waals surface area contributed by atoms with Gasteiger partial charge in [0.25, 0.3) is 5.91 Å². The van der Waals surface area contributed by atoms with Gasteiger partial charge in [-0.3, -0.25) is 10.1 Å². The Labute approximate surface area is 185 Å². The summed E-state index contributed by atoms with van der Waals surface area (Å²) in [5, 5.41) is 5.18. The highest BCUT2D eigenvalue weighted by Gasteiger charge is 2.26. The van der Waals surface area contributed by atoms with Crippen LogP contribution in [0.3, 0.4) is 0 Å². The molecule has 1 amide bonds. The average Bonchev–Trinajstić information content (AvgIpc) is 3.25. The monoisotopic (exact) mass is 457 g/mol. The highest BCUT2D eigenvalue weighted by Crippen LogP contribution is 2.27. The number of benzene rings is 2. The summed E-state index contributed by atoms with van der Waals surface area (Å²) in [6.45, 7) is 5.55. The molecule has 162 valence electrons. The highest BCUT2D eigenvalue weighted by atomic mass is 32.2. The van der Waals surface area contributed by atoms with Crippen LogP contribution in [0.25, 0.3) is 11.3 Å². The number of nitrogens with zero attached hydrogens (tertiary/aromatic N) is 2. The maximum absolute atomic E-state index is 12.7. The number of morpholine rings is 1. The van der Waals surface area contributed by atoms with Crippen molar-refractivity contribution in [2.45, 2.75) is 18.7 Å². The number of rotatable bonds is 5. The molecule has 1 saturated heterocycles. The summed E-state index contributed by atoms with van der Waals surface area (Å²) < 4.78 is 32.0. The Morgan fingerprint density at radius 1 is 1.06 bits per heavy atom. The lowest BCUT2D eigenvalue weighted by molar-refractivity contribution is 0.0730. The van der Waals surface area contributed by atoms with Gasteiger partial charge in [0.15, 0.2) is 5.13 Å². The topological polar surface area (TPSA) is 88.6 Å². The quantitative estimate of drug-likeness (QED) is 0.631. The minimum absolute atomic E-state index is 0.164. The second kappa shape index (κ2) is 8.88. The molecule has 0 radical (unpaired) electrons. The minimum atomic E-state index is -3.59. The van der Waals surface area contributed by atoms with Gasteiger partial charge in [-0.25, -0.2) is 13.4 Å². The van der Waals surface area contributed by atoms with Crippen molar-refractivity contribution in [3.8, 4) is 11.3 Å². The van der Waals surface area contributed by atoms with E-state index in [9.17, 15) is 13.2 Å². The van der Waals surface area contributed by atoms with Crippen LogP contribution in [-0.4, -0.2) is 49.9 Å². The number of sulfonamides is 1. The summed E-state index contributed by atoms with van der Waals surface area (Å²) in [6, 6.07) is 12.1. The molecule has 1 N–H and O–H groups in total. The van der Waals surface area contributed by atoms with Crippen LogP contribution < -0.4 is 5.32 Å². The minimum Gasteiger partial charge on any atom is -0.379 e. The second-order valence-corrected chi connectivity index (χ2v) is 10.1. The van der Waals surface area contributed by atoms with Crippen molar-refractivity contribution in [2.24, 2.45) is 0 Å². The average molecular weight is 458 g/mol. The van der Waals surface area contributed by atoms with E-state index in [4.69, 9.17) is 4.74 Å². The van der Waals surface area contributed by atoms with E-state index >= 15 is 0 Å². The molecule has 0 aliphatic carbocycles. The molecule has 1 fully saturated rings. The molecule has 1 aliphatic rings. The van der Waals surface area contributed by atoms with Gasteiger partial charge < -0.3 is 4.74 Å². The number of ether oxygens (including phenoxy) is 1. The SMILES string of the molecule is Cc1ccc(-c2csc(NC(=O)c3ccc(S(=O)(=O)N4CCOCC4)cc3)n2)cc1C. The molecule has 0 saturated carbocycles. The molecule has 1 aromatic heterocycles. The van der Waals surface area contributed by atoms with Crippen molar-refractivity contribution in [2.75, 3.05) is 31.6 Å². The van der Waals surface area contributed by atoms with Crippen LogP contribution in [0.5, 0.6) is 0 Å². The standard InChI is InChI=1S/C22H23N3O4S2/c1-15-3-4-18(13-16(15)2)20-14-30-22(23-20)24-21(26)17-5-7-19(8-6-17)31(27,28)25-9-11-29-12-10-25/h3-8,13-14H,9-12H2,1-2H3,(H,23,24,26). The van der Waals surface area contributed by atoms with E-state index in [0.717, 1.165) is 11.3 Å². The van der Waals surface area contributed by atoms with Crippen LogP contribution in [0.1, 0.15) is 21.5 Å². The van der Waals surface area contributed by atoms with Crippen LogP contribution in [-0.2, 0) is 14.8 Å². The molecule has 1 aliphatic heterocycles. The highest BCUT2D eigenvalue weighted by molar-refractivity contribution is 7.89. The maximum atomic E-state index is 12.7. The Kier molecular flexibility index (Phi) is 6.19. The first kappa shape index (κ1) is 21.6. The number of nitrogens with one attached hydrogen (secondary N) is 1. The summed E-state index contributed by atoms with van der Waals surface area (Å²) in [6.07, 6.45) is 0. The van der Waals surface area contributed by atoms with Crippen molar-refractivity contribution in [3.63, 3.8) is 0 Å². The summed E-state index contributed by atoms with van der Waals surface area (Å²) in [5.41, 5.74) is 4.56. The Balaban J connectivity index is 1.45. The van der Waals surface area contributed by atoms with Crippen molar-refractivity contribution < 1.29 is 17.9 Å². The Morgan fingerprint density at radius 3 is 2.45 bits per heavy atom. The normalized spacial score (nSPS) is 15.0. The van der Waals surface area contributed by atoms with Crippen LogP contribution in [0, 0.1) is 13.8 Å². The molecule has 2 aromatic carbocycles. The number of amides is 1. The van der Waals surface area contributed by atoms with E-state index in [1.165, 1.54) is 51.0 Å². The van der Waals surface area contributed by atoms with E-state index in [1.54, 1.807) is 0 Å². The molecule has 9 heteroatoms. The lowest BCUT2D eigenvalue weighted by Crippen LogP contribution is -2.40. The number of anilines is 1. The van der Waals surface area contributed by atoms with E-state index in [1.807, 2.05) is 11.4 Å². The Morgan fingerprint density at radius 2 is 1.77 bits per heavy atom. The first-order chi connectivity index (χ1) is 14.8. The number of carbonyl (C=O) groups excluding carboxylic acids is 1. The molecule has 0 unspecified atom stereocenters. The number of aromatic nitrogens is 1. The van der Waals surface area contributed by atoms with Crippen molar-refractivity contribution >= 4 is 32.4 Å². The van der Waals surface area contributed by atoms with Crippen molar-refractivity contribution in [1.82, 2.24) is 9.29 Å². The molecule has 3 aromatic rings. The fourth-order valence-electron chi connectivity index (χ4n) is 3.25. The fourth-order valence-corrected chi connectivity index (χ4v) is 5.37. The molecule has 0 atom stereocenters. The van der Waals surface area contributed by atoms with Crippen molar-refractivity contribution in [3.05, 3.63) is 64.5 Å². The zero-order chi connectivity index (χ0) is 22.0. The number of carbonyl (C=O) groups is 1. The van der Waals surface area contributed by atoms with Gasteiger partial charge in [0, 0.05) is 29.6 Å². The van der Waals surface area contributed by atoms with Gasteiger partial charge in [-0.2, -0.15) is 4.31 Å². The van der Waals surface area contributed by atoms with Gasteiger partial charge in [-0.05, 0) is 55.3 Å². The first-order valence-corrected chi connectivity index (χ1v) is 12.2. The summed E-state index contributed by atoms with van der Waals surface area (Å²) in [7, 11) is -3.59. The van der Waals surface area contributed by atoms with Gasteiger partial charge in [0.05, 0.1) is 23.8 Å². The number of aryl methyl sites for hydroxylation is 2. The fraction of sp³-hybridized carbons (Fsp3) is 0.273. The lowest BCUT2D eigenvalue weighted by atomic mass is 10.1. The van der Waals surface area contributed by atoms with Gasteiger partial charge in [0.1, 0.15) is 0 Å². The van der Waals surface area contributed by atoms with Crippen molar-refractivity contribution in [1.29, 1.82) is 0 Å². The molecule has 0 bridgehead atoms. The van der Waals surface area contributed by atoms with E-state index < -0.39 is 10.0 Å². The summed E-state index contributed by atoms with van der Waals surface area (Å²) in [5.74, 6) is -0.337. The molecule has 4 rings (SSSR count). The molecule has 31 heavy (non-hydrogen) atoms. The third-order valence-corrected chi connectivity index (χ3v) is 7.92. The zero-order valence-electron chi connectivity index (χ0n) is 17.3. The van der Waals surface area contributed by atoms with Crippen LogP contribution in [0.2, 0.25) is 0 Å². The van der Waals surface area contributed by atoms with E-state index in [2.05, 4.69) is 36.3 Å². The van der Waals surface area contributed by atoms with Crippen LogP contribution in [0.15, 0.2) is 52.7 Å². The van der Waals surface area contributed by atoms with E-state index in [0.29, 0.717) is 37.0 Å². The molecular weight excluding hydrogens is 434 g/mol. The number of thiazole rings is 1. The Hall–Kier alpha value is -2.59. The van der Waals surface area contributed by atoms with Crippen LogP contribution >= 0.6 is 11.3 Å². The maximum Gasteiger partial charge on any atom is 0.257 e. The smallest absolute Gasteiger partial charge is 0.257 e. The van der Waals surface area contributed by atoms with Gasteiger partial charge in [0.2, 0.25) is 10.0 Å². The molecular formula is C22H23N3O4S2. The third-order valence-electron chi connectivity index (χ3n) is 5.25. The third kappa shape index (κ3) is 4.69. The van der Waals surface area contributed by atoms with Gasteiger partial charge in [-0.15, -0.1) is 11.3 Å². The molecule has 2 heterocycles. The lowest BCUT2D eigenvalue weighted by Gasteiger charge is -2.26. The number of hydrogen-bond acceptors (Lipinski definition) is 6. The predicted octanol–water partition coefficient (Wildman–Crippen LogP) is 3.70.